The number of nitrogens with zero attached hydrogens (tertiary/aromatic N) is 5. The number of hydrogen-bond donors (Lipinski definition) is 1. The van der Waals surface area contributed by atoms with Crippen molar-refractivity contribution in [1.29, 1.82) is 0 Å². The number of halogens is 1. The molecule has 37 heavy (non-hydrogen) atoms. The van der Waals surface area contributed by atoms with Gasteiger partial charge < -0.3 is 15.1 Å². The Hall–Kier alpha value is -4.40. The van der Waals surface area contributed by atoms with Gasteiger partial charge in [0.2, 0.25) is 11.7 Å². The van der Waals surface area contributed by atoms with Crippen LogP contribution in [0, 0.1) is 11.2 Å². The molecule has 2 amide bonds. The van der Waals surface area contributed by atoms with Gasteiger partial charge in [0.05, 0.1) is 5.52 Å². The van der Waals surface area contributed by atoms with E-state index in [0.29, 0.717) is 17.7 Å². The number of fused-ring (bicyclic) bond motifs is 1. The van der Waals surface area contributed by atoms with Gasteiger partial charge in [0.1, 0.15) is 11.6 Å². The molecule has 1 unspecified atom stereocenters. The number of nitrogens with one attached hydrogen (secondary N) is 1. The molecule has 2 aliphatic heterocycles. The zero-order valence-electron chi connectivity index (χ0n) is 20.3. The molecule has 2 aromatic carbocycles. The molecule has 1 spiro atoms. The zero-order valence-corrected chi connectivity index (χ0v) is 20.3. The third kappa shape index (κ3) is 4.48. The molecule has 2 aliphatic rings. The lowest BCUT2D eigenvalue weighted by Gasteiger charge is -2.23. The van der Waals surface area contributed by atoms with Crippen molar-refractivity contribution in [3.63, 3.8) is 0 Å². The van der Waals surface area contributed by atoms with Crippen LogP contribution < -0.4 is 10.2 Å². The lowest BCUT2D eigenvalue weighted by molar-refractivity contribution is -0.126. The predicted octanol–water partition coefficient (Wildman–Crippen LogP) is 4.14. The maximum absolute atomic E-state index is 13.1. The van der Waals surface area contributed by atoms with Crippen molar-refractivity contribution in [2.45, 2.75) is 12.8 Å². The Morgan fingerprint density at radius 2 is 1.78 bits per heavy atom. The Morgan fingerprint density at radius 3 is 2.51 bits per heavy atom. The Balaban J connectivity index is 1.14. The van der Waals surface area contributed by atoms with Crippen molar-refractivity contribution in [3.05, 3.63) is 78.6 Å². The second-order valence-electron chi connectivity index (χ2n) is 9.93. The molecule has 1 N–H and O–H groups in total. The average Bonchev–Trinajstić information content (AvgIpc) is 3.44. The van der Waals surface area contributed by atoms with E-state index in [1.165, 1.54) is 12.1 Å². The maximum atomic E-state index is 13.1. The van der Waals surface area contributed by atoms with Crippen molar-refractivity contribution in [1.82, 2.24) is 19.9 Å². The van der Waals surface area contributed by atoms with E-state index in [1.54, 1.807) is 30.6 Å². The number of pyridine rings is 1. The molecule has 2 saturated heterocycles. The van der Waals surface area contributed by atoms with Gasteiger partial charge in [-0.1, -0.05) is 12.1 Å². The molecule has 2 aromatic heterocycles. The molecular weight excluding hydrogens is 471 g/mol. The molecule has 1 atom stereocenters. The lowest BCUT2D eigenvalue weighted by atomic mass is 9.86. The minimum absolute atomic E-state index is 0.0237. The Kier molecular flexibility index (Phi) is 5.55. The number of hydrogen-bond acceptors (Lipinski definition) is 6. The molecule has 0 radical (unpaired) electrons. The Labute approximate surface area is 213 Å². The molecule has 0 saturated carbocycles. The Morgan fingerprint density at radius 1 is 1.00 bits per heavy atom. The predicted molar refractivity (Wildman–Crippen MR) is 139 cm³/mol. The van der Waals surface area contributed by atoms with Gasteiger partial charge in [-0.25, -0.2) is 19.3 Å². The van der Waals surface area contributed by atoms with E-state index in [2.05, 4.69) is 20.2 Å². The third-order valence-corrected chi connectivity index (χ3v) is 7.25. The van der Waals surface area contributed by atoms with E-state index in [0.717, 1.165) is 48.3 Å². The summed E-state index contributed by atoms with van der Waals surface area (Å²) in [5.41, 5.74) is 2.93. The molecule has 9 heteroatoms. The molecule has 186 valence electrons. The van der Waals surface area contributed by atoms with E-state index >= 15 is 0 Å². The first-order valence-corrected chi connectivity index (χ1v) is 12.2. The van der Waals surface area contributed by atoms with E-state index in [1.807, 2.05) is 36.2 Å². The number of benzene rings is 2. The van der Waals surface area contributed by atoms with Gasteiger partial charge >= 0.3 is 0 Å². The van der Waals surface area contributed by atoms with E-state index in [9.17, 15) is 14.0 Å². The first-order valence-electron chi connectivity index (χ1n) is 12.2. The summed E-state index contributed by atoms with van der Waals surface area (Å²) in [6.07, 6.45) is 4.68. The summed E-state index contributed by atoms with van der Waals surface area (Å²) in [5, 5.41) is 3.74. The summed E-state index contributed by atoms with van der Waals surface area (Å²) in [6.45, 7) is 2.51. The summed E-state index contributed by atoms with van der Waals surface area (Å²) in [6, 6.07) is 15.6. The number of likely N-dealkylation sites (tertiary alicyclic amines) is 1. The van der Waals surface area contributed by atoms with Crippen molar-refractivity contribution >= 4 is 34.2 Å². The minimum Gasteiger partial charge on any atom is -0.356 e. The van der Waals surface area contributed by atoms with Crippen molar-refractivity contribution in [3.8, 4) is 11.1 Å². The summed E-state index contributed by atoms with van der Waals surface area (Å²) in [4.78, 5) is 42.1. The highest BCUT2D eigenvalue weighted by atomic mass is 19.1. The number of aromatic nitrogens is 3. The first-order chi connectivity index (χ1) is 17.9. The van der Waals surface area contributed by atoms with E-state index in [4.69, 9.17) is 4.98 Å². The number of carbonyl (C=O) groups is 2. The summed E-state index contributed by atoms with van der Waals surface area (Å²) < 4.78 is 13.1. The van der Waals surface area contributed by atoms with Crippen molar-refractivity contribution < 1.29 is 14.0 Å². The van der Waals surface area contributed by atoms with Gasteiger partial charge in [-0.2, -0.15) is 0 Å². The molecule has 0 bridgehead atoms. The van der Waals surface area contributed by atoms with Crippen molar-refractivity contribution in [2.75, 3.05) is 36.9 Å². The van der Waals surface area contributed by atoms with E-state index in [-0.39, 0.29) is 23.0 Å². The third-order valence-electron chi connectivity index (χ3n) is 7.25. The second kappa shape index (κ2) is 8.92. The number of carbonyl (C=O) groups excluding carboxylic acids is 2. The fraction of sp³-hybridized carbons (Fsp3) is 0.250. The highest BCUT2D eigenvalue weighted by molar-refractivity contribution is 6.02. The van der Waals surface area contributed by atoms with Crippen LogP contribution in [0.3, 0.4) is 0 Å². The standard InChI is InChI=1S/C28H25FN6O2/c1-34-16-28(13-25(34)36)10-11-35(17-28)24-9-4-19-12-22(7-8-23(19)33-24)32-27(37)26-30-14-20(15-31-26)18-2-5-21(29)6-3-18/h2-9,12,14-15H,10-11,13,16-17H2,1H3,(H,32,37). The number of anilines is 2. The highest BCUT2D eigenvalue weighted by Crippen LogP contribution is 2.41. The second-order valence-corrected chi connectivity index (χ2v) is 9.93. The van der Waals surface area contributed by atoms with Gasteiger partial charge in [0, 0.05) is 67.5 Å². The monoisotopic (exact) mass is 496 g/mol. The summed E-state index contributed by atoms with van der Waals surface area (Å²) in [7, 11) is 1.87. The van der Waals surface area contributed by atoms with Crippen molar-refractivity contribution in [2.24, 2.45) is 5.41 Å². The van der Waals surface area contributed by atoms with Crippen LogP contribution in [-0.2, 0) is 4.79 Å². The van der Waals surface area contributed by atoms with E-state index < -0.39 is 5.91 Å². The van der Waals surface area contributed by atoms with Gasteiger partial charge in [-0.05, 0) is 54.4 Å². The largest absolute Gasteiger partial charge is 0.356 e. The SMILES string of the molecule is CN1CC2(CCN(c3ccc4cc(NC(=O)c5ncc(-c6ccc(F)cc6)cn5)ccc4n3)C2)CC1=O. The van der Waals surface area contributed by atoms with Gasteiger partial charge in [-0.15, -0.1) is 0 Å². The maximum Gasteiger partial charge on any atom is 0.293 e. The van der Waals surface area contributed by atoms with Crippen LogP contribution in [0.15, 0.2) is 67.0 Å². The molecule has 0 aliphatic carbocycles. The van der Waals surface area contributed by atoms with Gasteiger partial charge in [0.15, 0.2) is 0 Å². The van der Waals surface area contributed by atoms with Crippen LogP contribution in [0.5, 0.6) is 0 Å². The fourth-order valence-corrected chi connectivity index (χ4v) is 5.30. The van der Waals surface area contributed by atoms with Crippen LogP contribution in [0.4, 0.5) is 15.9 Å². The quantitative estimate of drug-likeness (QED) is 0.457. The zero-order chi connectivity index (χ0) is 25.6. The number of amides is 2. The smallest absolute Gasteiger partial charge is 0.293 e. The van der Waals surface area contributed by atoms with Crippen LogP contribution in [-0.4, -0.2) is 58.3 Å². The molecule has 8 nitrogen and oxygen atoms in total. The fourth-order valence-electron chi connectivity index (χ4n) is 5.30. The summed E-state index contributed by atoms with van der Waals surface area (Å²) in [5.74, 6) is 0.420. The van der Waals surface area contributed by atoms with Crippen LogP contribution in [0.2, 0.25) is 0 Å². The van der Waals surface area contributed by atoms with Gasteiger partial charge in [-0.3, -0.25) is 9.59 Å². The average molecular weight is 497 g/mol. The van der Waals surface area contributed by atoms with Crippen LogP contribution in [0.25, 0.3) is 22.0 Å². The van der Waals surface area contributed by atoms with Crippen LogP contribution >= 0.6 is 0 Å². The summed E-state index contributed by atoms with van der Waals surface area (Å²) >= 11 is 0. The highest BCUT2D eigenvalue weighted by Gasteiger charge is 2.46. The normalized spacial score (nSPS) is 19.2. The minimum atomic E-state index is -0.423. The van der Waals surface area contributed by atoms with Gasteiger partial charge in [0.25, 0.3) is 5.91 Å². The Bertz CT molecular complexity index is 1510. The molecular formula is C28H25FN6O2. The molecule has 2 fully saturated rings. The molecule has 4 aromatic rings. The number of rotatable bonds is 4. The molecule has 6 rings (SSSR count). The molecule has 4 heterocycles. The van der Waals surface area contributed by atoms with Crippen LogP contribution in [0.1, 0.15) is 23.5 Å². The lowest BCUT2D eigenvalue weighted by Crippen LogP contribution is -2.30. The first kappa shape index (κ1) is 23.0. The topological polar surface area (TPSA) is 91.3 Å².